The fourth-order valence-corrected chi connectivity index (χ4v) is 7.30. The van der Waals surface area contributed by atoms with Crippen LogP contribution in [0.15, 0.2) is 36.4 Å². The molecule has 1 saturated carbocycles. The number of nitrogens with zero attached hydrogens (tertiary/aromatic N) is 2. The summed E-state index contributed by atoms with van der Waals surface area (Å²) in [4.78, 5) is 26.3. The van der Waals surface area contributed by atoms with Crippen molar-refractivity contribution in [1.82, 2.24) is 8.87 Å². The summed E-state index contributed by atoms with van der Waals surface area (Å²) >= 11 is 8.93. The molecule has 1 aliphatic heterocycles. The van der Waals surface area contributed by atoms with Gasteiger partial charge in [0, 0.05) is 46.9 Å². The lowest BCUT2D eigenvalue weighted by Gasteiger charge is -2.30. The van der Waals surface area contributed by atoms with E-state index in [9.17, 15) is 14.7 Å². The van der Waals surface area contributed by atoms with Gasteiger partial charge >= 0.3 is 0 Å². The lowest BCUT2D eigenvalue weighted by molar-refractivity contribution is -0.123. The van der Waals surface area contributed by atoms with E-state index in [0.29, 0.717) is 30.9 Å². The smallest absolute Gasteiger partial charge is 0.248 e. The van der Waals surface area contributed by atoms with Crippen LogP contribution in [0.25, 0.3) is 22.2 Å². The van der Waals surface area contributed by atoms with Gasteiger partial charge in [0.1, 0.15) is 11.5 Å². The zero-order valence-corrected chi connectivity index (χ0v) is 29.5. The van der Waals surface area contributed by atoms with Crippen LogP contribution in [0, 0.1) is 17.3 Å². The minimum atomic E-state index is -0.458. The number of ketones is 1. The number of amides is 1. The number of primary amides is 1. The SMILES string of the molecule is C.CN(C)S.COc1ccc2c(c1)C(S)C(C(=O)CCC(C)C(C)(C)CO)Cn1c-2c(C2CCCCC2)c2ccc(C(N)=O)cc21. The van der Waals surface area contributed by atoms with Gasteiger partial charge in [0.15, 0.2) is 0 Å². The molecule has 46 heavy (non-hydrogen) atoms. The molecule has 0 bridgehead atoms. The Morgan fingerprint density at radius 2 is 1.78 bits per heavy atom. The number of aliphatic hydroxyl groups excluding tert-OH is 1. The van der Waals surface area contributed by atoms with Crippen molar-refractivity contribution < 1.29 is 19.4 Å². The summed E-state index contributed by atoms with van der Waals surface area (Å²) in [5.74, 6) is 0.671. The van der Waals surface area contributed by atoms with Crippen LogP contribution < -0.4 is 10.5 Å². The zero-order valence-electron chi connectivity index (χ0n) is 27.7. The van der Waals surface area contributed by atoms with Crippen molar-refractivity contribution in [2.75, 3.05) is 27.8 Å². The second-order valence-corrected chi connectivity index (χ2v) is 15.1. The number of hydrogen-bond donors (Lipinski definition) is 4. The Morgan fingerprint density at radius 1 is 1.13 bits per heavy atom. The van der Waals surface area contributed by atoms with E-state index in [-0.39, 0.29) is 42.3 Å². The highest BCUT2D eigenvalue weighted by Gasteiger charge is 2.37. The molecule has 9 heteroatoms. The number of carbonyl (C=O) groups is 2. The molecule has 2 aliphatic rings. The molecule has 0 radical (unpaired) electrons. The lowest BCUT2D eigenvalue weighted by Crippen LogP contribution is -2.28. The number of Topliss-reactive ketones (excluding diaryl/α,β-unsaturated/α-hetero) is 1. The molecule has 0 spiro atoms. The fourth-order valence-electron chi connectivity index (χ4n) is 6.82. The van der Waals surface area contributed by atoms with Crippen LogP contribution in [0.2, 0.25) is 0 Å². The molecule has 1 amide bonds. The number of carbonyl (C=O) groups excluding carboxylic acids is 2. The number of thiol groups is 2. The molecule has 0 saturated heterocycles. The van der Waals surface area contributed by atoms with Gasteiger partial charge in [0.2, 0.25) is 5.91 Å². The van der Waals surface area contributed by atoms with Crippen molar-refractivity contribution in [2.24, 2.45) is 23.0 Å². The van der Waals surface area contributed by atoms with E-state index in [1.807, 2.05) is 52.2 Å². The number of rotatable bonds is 9. The number of ether oxygens (including phenoxy) is 1. The summed E-state index contributed by atoms with van der Waals surface area (Å²) in [5, 5.41) is 10.7. The summed E-state index contributed by atoms with van der Waals surface area (Å²) < 4.78 is 9.60. The molecular formula is C37H55N3O4S2. The van der Waals surface area contributed by atoms with Gasteiger partial charge in [0.05, 0.1) is 18.7 Å². The standard InChI is InChI=1S/C34H44N2O4S.C2H7NS.CH4/c1-20(34(2,3)19-37)10-15-29(38)27-18-36-28-16-22(33(35)39)11-13-25(28)30(21-8-6-5-7-9-21)31(36)24-14-12-23(40-4)17-26(24)32(27)41;1-3(2)4;/h11-14,16-17,20-21,27,32,37,41H,5-10,15,18-19H2,1-4H3,(H2,35,39);4H,1-2H3;1H4. The number of nitrogens with two attached hydrogens (primary N) is 1. The maximum absolute atomic E-state index is 14.0. The van der Waals surface area contributed by atoms with E-state index < -0.39 is 5.91 Å². The first-order valence-electron chi connectivity index (χ1n) is 16.1. The van der Waals surface area contributed by atoms with Crippen LogP contribution in [0.1, 0.15) is 106 Å². The van der Waals surface area contributed by atoms with Gasteiger partial charge in [0.25, 0.3) is 0 Å². The van der Waals surface area contributed by atoms with Crippen molar-refractivity contribution in [3.8, 4) is 17.0 Å². The van der Waals surface area contributed by atoms with Crippen molar-refractivity contribution in [3.63, 3.8) is 0 Å². The Labute approximate surface area is 287 Å². The van der Waals surface area contributed by atoms with Crippen molar-refractivity contribution in [2.45, 2.75) is 90.9 Å². The molecule has 3 atom stereocenters. The van der Waals surface area contributed by atoms with Gasteiger partial charge in [-0.05, 0) is 92.1 Å². The predicted molar refractivity (Wildman–Crippen MR) is 197 cm³/mol. The van der Waals surface area contributed by atoms with E-state index in [0.717, 1.165) is 46.3 Å². The average molecular weight is 670 g/mol. The molecule has 3 N–H and O–H groups in total. The van der Waals surface area contributed by atoms with Crippen LogP contribution in [0.5, 0.6) is 5.75 Å². The highest BCUT2D eigenvalue weighted by atomic mass is 32.1. The molecule has 5 rings (SSSR count). The molecule has 7 nitrogen and oxygen atoms in total. The first-order valence-corrected chi connectivity index (χ1v) is 17.0. The van der Waals surface area contributed by atoms with Gasteiger partial charge in [-0.2, -0.15) is 12.6 Å². The van der Waals surface area contributed by atoms with Crippen LogP contribution in [0.3, 0.4) is 0 Å². The summed E-state index contributed by atoms with van der Waals surface area (Å²) in [6.07, 6.45) is 7.02. The largest absolute Gasteiger partial charge is 0.497 e. The Balaban J connectivity index is 0.00000109. The minimum absolute atomic E-state index is 0. The van der Waals surface area contributed by atoms with Crippen molar-refractivity contribution in [3.05, 3.63) is 53.1 Å². The topological polar surface area (TPSA) is 97.8 Å². The summed E-state index contributed by atoms with van der Waals surface area (Å²) in [5.41, 5.74) is 11.4. The molecular weight excluding hydrogens is 615 g/mol. The maximum atomic E-state index is 14.0. The minimum Gasteiger partial charge on any atom is -0.497 e. The van der Waals surface area contributed by atoms with E-state index >= 15 is 0 Å². The fraction of sp³-hybridized carbons (Fsp3) is 0.568. The van der Waals surface area contributed by atoms with Crippen molar-refractivity contribution in [1.29, 1.82) is 0 Å². The monoisotopic (exact) mass is 669 g/mol. The van der Waals surface area contributed by atoms with Gasteiger partial charge in [-0.3, -0.25) is 13.9 Å². The Morgan fingerprint density at radius 3 is 2.37 bits per heavy atom. The normalized spacial score (nSPS) is 18.8. The van der Waals surface area contributed by atoms with E-state index in [4.69, 9.17) is 23.1 Å². The predicted octanol–water partition coefficient (Wildman–Crippen LogP) is 8.10. The van der Waals surface area contributed by atoms with Gasteiger partial charge in [-0.25, -0.2) is 0 Å². The average Bonchev–Trinajstić information content (AvgIpc) is 3.28. The quantitative estimate of drug-likeness (QED) is 0.173. The second-order valence-electron chi connectivity index (χ2n) is 13.7. The molecule has 2 aromatic carbocycles. The third-order valence-electron chi connectivity index (χ3n) is 9.97. The van der Waals surface area contributed by atoms with Crippen LogP contribution in [-0.2, 0) is 11.3 Å². The van der Waals surface area contributed by atoms with Crippen LogP contribution in [0.4, 0.5) is 0 Å². The zero-order chi connectivity index (χ0) is 33.1. The summed E-state index contributed by atoms with van der Waals surface area (Å²) in [7, 11) is 5.39. The highest BCUT2D eigenvalue weighted by Crippen LogP contribution is 2.50. The third-order valence-corrected chi connectivity index (χ3v) is 10.6. The maximum Gasteiger partial charge on any atom is 0.248 e. The number of aromatic nitrogens is 1. The summed E-state index contributed by atoms with van der Waals surface area (Å²) in [6.45, 7) is 6.74. The molecule has 1 aliphatic carbocycles. The lowest BCUT2D eigenvalue weighted by atomic mass is 9.77. The number of benzene rings is 2. The molecule has 1 aromatic heterocycles. The third kappa shape index (κ3) is 8.15. The summed E-state index contributed by atoms with van der Waals surface area (Å²) in [6, 6.07) is 11.9. The first-order chi connectivity index (χ1) is 21.3. The van der Waals surface area contributed by atoms with E-state index in [2.05, 4.69) is 36.4 Å². The first kappa shape index (κ1) is 38.0. The molecule has 3 aromatic rings. The van der Waals surface area contributed by atoms with E-state index in [1.165, 1.54) is 24.8 Å². The second kappa shape index (κ2) is 16.1. The Kier molecular flexibility index (Phi) is 13.3. The van der Waals surface area contributed by atoms with E-state index in [1.54, 1.807) is 11.4 Å². The van der Waals surface area contributed by atoms with Crippen molar-refractivity contribution >= 4 is 48.0 Å². The number of fused-ring (bicyclic) bond motifs is 5. The Hall–Kier alpha value is -2.46. The number of aliphatic hydroxyl groups is 1. The molecule has 254 valence electrons. The Bertz CT molecular complexity index is 1510. The van der Waals surface area contributed by atoms with Gasteiger partial charge in [-0.1, -0.05) is 66.3 Å². The molecule has 1 fully saturated rings. The number of methoxy groups -OCH3 is 1. The number of hydrogen-bond acceptors (Lipinski definition) is 7. The molecule has 3 unspecified atom stereocenters. The van der Waals surface area contributed by atoms with Crippen LogP contribution in [-0.4, -0.2) is 53.5 Å². The van der Waals surface area contributed by atoms with Gasteiger partial charge in [-0.15, -0.1) is 0 Å². The highest BCUT2D eigenvalue weighted by molar-refractivity contribution is 7.80. The van der Waals surface area contributed by atoms with Crippen LogP contribution >= 0.6 is 25.4 Å². The molecule has 2 heterocycles. The van der Waals surface area contributed by atoms with Gasteiger partial charge < -0.3 is 20.1 Å².